The molecule has 0 unspecified atom stereocenters. The zero-order chi connectivity index (χ0) is 17.4. The fourth-order valence-electron chi connectivity index (χ4n) is 2.18. The van der Waals surface area contributed by atoms with Crippen molar-refractivity contribution >= 4 is 17.2 Å². The second-order valence-electron chi connectivity index (χ2n) is 5.15. The lowest BCUT2D eigenvalue weighted by Gasteiger charge is -2.13. The third kappa shape index (κ3) is 5.13. The summed E-state index contributed by atoms with van der Waals surface area (Å²) in [7, 11) is 0. The highest BCUT2D eigenvalue weighted by Crippen LogP contribution is 2.28. The minimum absolute atomic E-state index is 0.335. The van der Waals surface area contributed by atoms with Gasteiger partial charge in [0.1, 0.15) is 24.0 Å². The Morgan fingerprint density at radius 1 is 0.917 bits per heavy atom. The Morgan fingerprint density at radius 2 is 1.62 bits per heavy atom. The van der Waals surface area contributed by atoms with E-state index in [2.05, 4.69) is 19.1 Å². The van der Waals surface area contributed by atoms with Gasteiger partial charge in [-0.25, -0.2) is 0 Å². The van der Waals surface area contributed by atoms with Crippen LogP contribution in [0.5, 0.6) is 17.2 Å². The van der Waals surface area contributed by atoms with Crippen molar-refractivity contribution in [2.45, 2.75) is 20.3 Å². The molecule has 5 heteroatoms. The van der Waals surface area contributed by atoms with Gasteiger partial charge in [-0.3, -0.25) is 0 Å². The fourth-order valence-corrected chi connectivity index (χ4v) is 2.31. The molecule has 0 spiro atoms. The third-order valence-corrected chi connectivity index (χ3v) is 3.71. The van der Waals surface area contributed by atoms with Gasteiger partial charge in [0.25, 0.3) is 0 Å². The maximum Gasteiger partial charge on any atom is 0.161 e. The lowest BCUT2D eigenvalue weighted by atomic mass is 10.2. The molecule has 0 bridgehead atoms. The predicted molar refractivity (Wildman–Crippen MR) is 100 cm³/mol. The first-order valence-electron chi connectivity index (χ1n) is 8.05. The van der Waals surface area contributed by atoms with Crippen LogP contribution in [-0.4, -0.2) is 24.8 Å². The Kier molecular flexibility index (Phi) is 6.88. The van der Waals surface area contributed by atoms with Gasteiger partial charge in [0.15, 0.2) is 11.5 Å². The average Bonchev–Trinajstić information content (AvgIpc) is 2.60. The van der Waals surface area contributed by atoms with E-state index in [0.29, 0.717) is 36.3 Å². The highest BCUT2D eigenvalue weighted by Gasteiger charge is 2.08. The zero-order valence-corrected chi connectivity index (χ0v) is 14.9. The van der Waals surface area contributed by atoms with Crippen LogP contribution in [0.3, 0.4) is 0 Å². The van der Waals surface area contributed by atoms with Crippen molar-refractivity contribution in [2.75, 3.05) is 19.8 Å². The summed E-state index contributed by atoms with van der Waals surface area (Å²) >= 11 is 4.99. The highest BCUT2D eigenvalue weighted by molar-refractivity contribution is 7.80. The van der Waals surface area contributed by atoms with Gasteiger partial charge in [0, 0.05) is 5.56 Å². The van der Waals surface area contributed by atoms with Crippen LogP contribution in [0.25, 0.3) is 0 Å². The van der Waals surface area contributed by atoms with Crippen LogP contribution in [0, 0.1) is 0 Å². The molecule has 24 heavy (non-hydrogen) atoms. The van der Waals surface area contributed by atoms with Gasteiger partial charge < -0.3 is 19.9 Å². The Morgan fingerprint density at radius 3 is 2.25 bits per heavy atom. The zero-order valence-electron chi connectivity index (χ0n) is 14.1. The first-order valence-corrected chi connectivity index (χ1v) is 8.46. The molecule has 0 heterocycles. The quantitative estimate of drug-likeness (QED) is 0.554. The molecule has 128 valence electrons. The molecule has 0 aliphatic heterocycles. The van der Waals surface area contributed by atoms with E-state index in [9.17, 15) is 0 Å². The number of hydrogen-bond acceptors (Lipinski definition) is 4. The van der Waals surface area contributed by atoms with E-state index in [0.717, 1.165) is 17.7 Å². The van der Waals surface area contributed by atoms with Gasteiger partial charge in [-0.2, -0.15) is 0 Å². The van der Waals surface area contributed by atoms with Crippen LogP contribution in [0.15, 0.2) is 42.5 Å². The maximum absolute atomic E-state index is 5.76. The van der Waals surface area contributed by atoms with Gasteiger partial charge in [-0.05, 0) is 49.2 Å². The van der Waals surface area contributed by atoms with E-state index >= 15 is 0 Å². The molecular weight excluding hydrogens is 322 g/mol. The van der Waals surface area contributed by atoms with Gasteiger partial charge in [0.05, 0.1) is 6.61 Å². The highest BCUT2D eigenvalue weighted by atomic mass is 32.1. The molecule has 2 N–H and O–H groups in total. The Bertz CT molecular complexity index is 671. The number of rotatable bonds is 9. The van der Waals surface area contributed by atoms with Crippen molar-refractivity contribution in [3.63, 3.8) is 0 Å². The van der Waals surface area contributed by atoms with Gasteiger partial charge in [-0.1, -0.05) is 31.3 Å². The third-order valence-electron chi connectivity index (χ3n) is 3.47. The lowest BCUT2D eigenvalue weighted by molar-refractivity contribution is 0.208. The summed E-state index contributed by atoms with van der Waals surface area (Å²) in [4.78, 5) is 0.335. The summed E-state index contributed by atoms with van der Waals surface area (Å²) in [6.07, 6.45) is 1.02. The van der Waals surface area contributed by atoms with Crippen LogP contribution < -0.4 is 19.9 Å². The monoisotopic (exact) mass is 345 g/mol. The lowest BCUT2D eigenvalue weighted by Crippen LogP contribution is -2.12. The van der Waals surface area contributed by atoms with E-state index in [1.807, 2.05) is 31.2 Å². The molecule has 4 nitrogen and oxygen atoms in total. The Balaban J connectivity index is 1.89. The van der Waals surface area contributed by atoms with Crippen LogP contribution >= 0.6 is 12.2 Å². The molecule has 0 amide bonds. The molecule has 0 fully saturated rings. The molecule has 0 aliphatic rings. The molecule has 0 saturated carbocycles. The van der Waals surface area contributed by atoms with Crippen LogP contribution in [-0.2, 0) is 6.42 Å². The number of ether oxygens (including phenoxy) is 3. The topological polar surface area (TPSA) is 53.7 Å². The first-order chi connectivity index (χ1) is 11.6. The second-order valence-corrected chi connectivity index (χ2v) is 5.59. The minimum Gasteiger partial charge on any atom is -0.490 e. The van der Waals surface area contributed by atoms with Crippen molar-refractivity contribution in [3.05, 3.63) is 53.6 Å². The summed E-state index contributed by atoms with van der Waals surface area (Å²) in [5.41, 5.74) is 7.70. The van der Waals surface area contributed by atoms with Crippen molar-refractivity contribution in [3.8, 4) is 17.2 Å². The van der Waals surface area contributed by atoms with Crippen molar-refractivity contribution in [2.24, 2.45) is 5.73 Å². The summed E-state index contributed by atoms with van der Waals surface area (Å²) in [6, 6.07) is 13.5. The van der Waals surface area contributed by atoms with Crippen molar-refractivity contribution in [1.82, 2.24) is 0 Å². The van der Waals surface area contributed by atoms with Gasteiger partial charge in [0.2, 0.25) is 0 Å². The number of nitrogens with two attached hydrogens (primary N) is 1. The summed E-state index contributed by atoms with van der Waals surface area (Å²) in [5, 5.41) is 0. The molecule has 2 aromatic rings. The van der Waals surface area contributed by atoms with Crippen molar-refractivity contribution in [1.29, 1.82) is 0 Å². The van der Waals surface area contributed by atoms with E-state index in [1.165, 1.54) is 5.56 Å². The van der Waals surface area contributed by atoms with E-state index in [4.69, 9.17) is 32.2 Å². The number of hydrogen-bond donors (Lipinski definition) is 1. The first kappa shape index (κ1) is 18.1. The van der Waals surface area contributed by atoms with Crippen LogP contribution in [0.1, 0.15) is 25.0 Å². The molecule has 0 saturated heterocycles. The molecule has 0 aliphatic carbocycles. The SMILES string of the molecule is CCOc1cc(C(N)=S)ccc1OCCOc1ccc(CC)cc1. The summed E-state index contributed by atoms with van der Waals surface area (Å²) < 4.78 is 17.0. The number of benzene rings is 2. The minimum atomic E-state index is 0.335. The number of thiocarbonyl (C=S) groups is 1. The standard InChI is InChI=1S/C19H23NO3S/c1-3-14-5-8-16(9-6-14)22-11-12-23-17-10-7-15(19(20)24)13-18(17)21-4-2/h5-10,13H,3-4,11-12H2,1-2H3,(H2,20,24). The number of aryl methyl sites for hydroxylation is 1. The van der Waals surface area contributed by atoms with Crippen LogP contribution in [0.2, 0.25) is 0 Å². The predicted octanol–water partition coefficient (Wildman–Crippen LogP) is 3.74. The Hall–Kier alpha value is -2.27. The maximum atomic E-state index is 5.76. The van der Waals surface area contributed by atoms with E-state index < -0.39 is 0 Å². The largest absolute Gasteiger partial charge is 0.490 e. The second kappa shape index (κ2) is 9.13. The molecule has 0 aromatic heterocycles. The normalized spacial score (nSPS) is 10.2. The molecule has 2 aromatic carbocycles. The summed E-state index contributed by atoms with van der Waals surface area (Å²) in [6.45, 7) is 5.45. The fraction of sp³-hybridized carbons (Fsp3) is 0.316. The molecule has 0 atom stereocenters. The molecular formula is C19H23NO3S. The van der Waals surface area contributed by atoms with Crippen LogP contribution in [0.4, 0.5) is 0 Å². The molecule has 0 radical (unpaired) electrons. The average molecular weight is 345 g/mol. The van der Waals surface area contributed by atoms with Gasteiger partial charge in [-0.15, -0.1) is 0 Å². The van der Waals surface area contributed by atoms with E-state index in [-0.39, 0.29) is 0 Å². The molecule has 2 rings (SSSR count). The van der Waals surface area contributed by atoms with Crippen molar-refractivity contribution < 1.29 is 14.2 Å². The summed E-state index contributed by atoms with van der Waals surface area (Å²) in [5.74, 6) is 2.13. The Labute approximate surface area is 148 Å². The van der Waals surface area contributed by atoms with Gasteiger partial charge >= 0.3 is 0 Å². The smallest absolute Gasteiger partial charge is 0.161 e. The van der Waals surface area contributed by atoms with E-state index in [1.54, 1.807) is 6.07 Å².